The maximum absolute atomic E-state index is 13.1. The fourth-order valence-corrected chi connectivity index (χ4v) is 3.73. The Morgan fingerprint density at radius 3 is 2.44 bits per heavy atom. The summed E-state index contributed by atoms with van der Waals surface area (Å²) in [5.74, 6) is 0.144. The van der Waals surface area contributed by atoms with Crippen molar-refractivity contribution in [3.63, 3.8) is 0 Å². The molecule has 0 spiro atoms. The van der Waals surface area contributed by atoms with Gasteiger partial charge in [-0.2, -0.15) is 5.26 Å². The van der Waals surface area contributed by atoms with Gasteiger partial charge in [0.2, 0.25) is 0 Å². The number of hydrogen-bond donors (Lipinski definition) is 0. The summed E-state index contributed by atoms with van der Waals surface area (Å²) >= 11 is 0. The molecule has 1 saturated heterocycles. The summed E-state index contributed by atoms with van der Waals surface area (Å²) in [5.41, 5.74) is 4.91. The normalized spacial score (nSPS) is 17.2. The summed E-state index contributed by atoms with van der Waals surface area (Å²) in [6.07, 6.45) is 4.12. The van der Waals surface area contributed by atoms with Gasteiger partial charge in [0.05, 0.1) is 11.6 Å². The summed E-state index contributed by atoms with van der Waals surface area (Å²) < 4.78 is 0. The zero-order valence-corrected chi connectivity index (χ0v) is 15.0. The summed E-state index contributed by atoms with van der Waals surface area (Å²) in [4.78, 5) is 15.1. The summed E-state index contributed by atoms with van der Waals surface area (Å²) in [6.45, 7) is 4.90. The molecule has 0 saturated carbocycles. The lowest BCUT2D eigenvalue weighted by Gasteiger charge is -2.36. The molecule has 128 valence electrons. The van der Waals surface area contributed by atoms with Crippen LogP contribution in [0.25, 0.3) is 0 Å². The second-order valence-corrected chi connectivity index (χ2v) is 7.04. The van der Waals surface area contributed by atoms with Gasteiger partial charge >= 0.3 is 0 Å². The van der Waals surface area contributed by atoms with Gasteiger partial charge in [0.1, 0.15) is 0 Å². The van der Waals surface area contributed by atoms with E-state index >= 15 is 0 Å². The second kappa shape index (κ2) is 7.53. The van der Waals surface area contributed by atoms with Crippen molar-refractivity contribution in [3.05, 3.63) is 70.3 Å². The smallest absolute Gasteiger partial charge is 0.254 e. The lowest BCUT2D eigenvalue weighted by Crippen LogP contribution is -2.44. The second-order valence-electron chi connectivity index (χ2n) is 7.04. The van der Waals surface area contributed by atoms with E-state index in [1.165, 1.54) is 5.56 Å². The van der Waals surface area contributed by atoms with E-state index in [-0.39, 0.29) is 11.9 Å². The molecule has 1 amide bonds. The predicted octanol–water partition coefficient (Wildman–Crippen LogP) is 4.41. The quantitative estimate of drug-likeness (QED) is 0.835. The number of likely N-dealkylation sites (tertiary alicyclic amines) is 1. The van der Waals surface area contributed by atoms with E-state index < -0.39 is 0 Å². The first-order valence-electron chi connectivity index (χ1n) is 8.95. The highest BCUT2D eigenvalue weighted by Crippen LogP contribution is 2.24. The van der Waals surface area contributed by atoms with Gasteiger partial charge in [0.15, 0.2) is 0 Å². The summed E-state index contributed by atoms with van der Waals surface area (Å²) in [6, 6.07) is 16.2. The third kappa shape index (κ3) is 4.09. The van der Waals surface area contributed by atoms with Gasteiger partial charge in [0.25, 0.3) is 5.91 Å². The van der Waals surface area contributed by atoms with Crippen LogP contribution in [-0.4, -0.2) is 23.4 Å². The lowest BCUT2D eigenvalue weighted by molar-refractivity contribution is 0.0613. The molecular weight excluding hydrogens is 308 g/mol. The van der Waals surface area contributed by atoms with Crippen molar-refractivity contribution >= 4 is 5.91 Å². The first-order chi connectivity index (χ1) is 12.1. The number of hydrogen-bond acceptors (Lipinski definition) is 2. The third-order valence-electron chi connectivity index (χ3n) is 4.91. The minimum atomic E-state index is 0.144. The highest BCUT2D eigenvalue weighted by atomic mass is 16.2. The Bertz CT molecular complexity index is 782. The number of piperidine rings is 1. The lowest BCUT2D eigenvalue weighted by atomic mass is 9.94. The molecule has 0 bridgehead atoms. The molecule has 1 aliphatic heterocycles. The summed E-state index contributed by atoms with van der Waals surface area (Å²) in [5, 5.41) is 8.93. The Morgan fingerprint density at radius 2 is 1.80 bits per heavy atom. The van der Waals surface area contributed by atoms with E-state index in [4.69, 9.17) is 5.26 Å². The standard InChI is InChI=1S/C22H24N2O/c1-16-11-17(2)13-20(12-16)22(25)24-10-4-3-5-21(24)14-18-6-8-19(15-23)9-7-18/h6-9,11-13,21H,3-5,10,14H2,1-2H3. The van der Waals surface area contributed by atoms with Crippen LogP contribution < -0.4 is 0 Å². The number of rotatable bonds is 3. The largest absolute Gasteiger partial charge is 0.335 e. The van der Waals surface area contributed by atoms with E-state index in [2.05, 4.69) is 17.0 Å². The van der Waals surface area contributed by atoms with Gasteiger partial charge in [-0.25, -0.2) is 0 Å². The van der Waals surface area contributed by atoms with Crippen LogP contribution in [0.3, 0.4) is 0 Å². The van der Waals surface area contributed by atoms with Crippen molar-refractivity contribution in [3.8, 4) is 6.07 Å². The maximum atomic E-state index is 13.1. The minimum absolute atomic E-state index is 0.144. The van der Waals surface area contributed by atoms with Crippen LogP contribution in [0.1, 0.15) is 51.9 Å². The molecule has 2 aromatic rings. The van der Waals surface area contributed by atoms with Gasteiger partial charge in [0, 0.05) is 18.2 Å². The van der Waals surface area contributed by atoms with Crippen LogP contribution >= 0.6 is 0 Å². The zero-order chi connectivity index (χ0) is 17.8. The van der Waals surface area contributed by atoms with Crippen LogP contribution in [0.5, 0.6) is 0 Å². The Kier molecular flexibility index (Phi) is 5.19. The van der Waals surface area contributed by atoms with E-state index in [0.717, 1.165) is 48.9 Å². The SMILES string of the molecule is Cc1cc(C)cc(C(=O)N2CCCCC2Cc2ccc(C#N)cc2)c1. The first-order valence-corrected chi connectivity index (χ1v) is 8.95. The number of carbonyl (C=O) groups is 1. The number of amides is 1. The average molecular weight is 332 g/mol. The molecule has 3 nitrogen and oxygen atoms in total. The molecule has 25 heavy (non-hydrogen) atoms. The monoisotopic (exact) mass is 332 g/mol. The van der Waals surface area contributed by atoms with Crippen LogP contribution in [0.4, 0.5) is 0 Å². The van der Waals surface area contributed by atoms with Crippen LogP contribution in [0.15, 0.2) is 42.5 Å². The molecule has 0 radical (unpaired) electrons. The molecule has 3 heteroatoms. The molecular formula is C22H24N2O. The fourth-order valence-electron chi connectivity index (χ4n) is 3.73. The van der Waals surface area contributed by atoms with Crippen LogP contribution in [0, 0.1) is 25.2 Å². The van der Waals surface area contributed by atoms with Crippen LogP contribution in [-0.2, 0) is 6.42 Å². The topological polar surface area (TPSA) is 44.1 Å². The van der Waals surface area contributed by atoms with E-state index in [9.17, 15) is 4.79 Å². The van der Waals surface area contributed by atoms with Gasteiger partial charge in [-0.3, -0.25) is 4.79 Å². The van der Waals surface area contributed by atoms with E-state index in [1.807, 2.05) is 50.2 Å². The summed E-state index contributed by atoms with van der Waals surface area (Å²) in [7, 11) is 0. The number of benzene rings is 2. The molecule has 2 aromatic carbocycles. The van der Waals surface area contributed by atoms with Gasteiger partial charge < -0.3 is 4.90 Å². The molecule has 0 aromatic heterocycles. The predicted molar refractivity (Wildman–Crippen MR) is 99.5 cm³/mol. The maximum Gasteiger partial charge on any atom is 0.254 e. The minimum Gasteiger partial charge on any atom is -0.335 e. The fraction of sp³-hybridized carbons (Fsp3) is 0.364. The van der Waals surface area contributed by atoms with Crippen molar-refractivity contribution in [2.45, 2.75) is 45.6 Å². The highest BCUT2D eigenvalue weighted by molar-refractivity contribution is 5.95. The molecule has 1 atom stereocenters. The molecule has 0 aliphatic carbocycles. The Hall–Kier alpha value is -2.60. The molecule has 0 N–H and O–H groups in total. The molecule has 1 unspecified atom stereocenters. The zero-order valence-electron chi connectivity index (χ0n) is 15.0. The van der Waals surface area contributed by atoms with Crippen molar-refractivity contribution in [1.82, 2.24) is 4.90 Å². The Morgan fingerprint density at radius 1 is 1.12 bits per heavy atom. The Balaban J connectivity index is 1.80. The van der Waals surface area contributed by atoms with Crippen molar-refractivity contribution in [1.29, 1.82) is 5.26 Å². The van der Waals surface area contributed by atoms with E-state index in [0.29, 0.717) is 5.56 Å². The number of carbonyl (C=O) groups excluding carboxylic acids is 1. The van der Waals surface area contributed by atoms with Crippen LogP contribution in [0.2, 0.25) is 0 Å². The first kappa shape index (κ1) is 17.2. The molecule has 1 aliphatic rings. The Labute approximate surface area is 149 Å². The molecule has 1 fully saturated rings. The third-order valence-corrected chi connectivity index (χ3v) is 4.91. The van der Waals surface area contributed by atoms with Crippen molar-refractivity contribution < 1.29 is 4.79 Å². The highest BCUT2D eigenvalue weighted by Gasteiger charge is 2.27. The van der Waals surface area contributed by atoms with E-state index in [1.54, 1.807) is 0 Å². The van der Waals surface area contributed by atoms with Gasteiger partial charge in [-0.05, 0) is 69.4 Å². The van der Waals surface area contributed by atoms with Gasteiger partial charge in [-0.1, -0.05) is 29.3 Å². The number of nitriles is 1. The van der Waals surface area contributed by atoms with Gasteiger partial charge in [-0.15, -0.1) is 0 Å². The number of nitrogens with zero attached hydrogens (tertiary/aromatic N) is 2. The van der Waals surface area contributed by atoms with Crippen molar-refractivity contribution in [2.75, 3.05) is 6.54 Å². The molecule has 1 heterocycles. The average Bonchev–Trinajstić information content (AvgIpc) is 2.61. The molecule has 3 rings (SSSR count). The van der Waals surface area contributed by atoms with Crippen molar-refractivity contribution in [2.24, 2.45) is 0 Å². The number of aryl methyl sites for hydroxylation is 2.